The molecule has 1 amide bonds. The molecule has 1 heterocycles. The number of amides is 1. The lowest BCUT2D eigenvalue weighted by atomic mass is 10.0. The first-order chi connectivity index (χ1) is 14.2. The molecule has 0 radical (unpaired) electrons. The molecule has 1 N–H and O–H groups in total. The van der Waals surface area contributed by atoms with Gasteiger partial charge in [-0.25, -0.2) is 4.98 Å². The summed E-state index contributed by atoms with van der Waals surface area (Å²) in [4.78, 5) is 17.4. The fourth-order valence-electron chi connectivity index (χ4n) is 3.75. The van der Waals surface area contributed by atoms with Crippen LogP contribution in [-0.4, -0.2) is 15.5 Å². The van der Waals surface area contributed by atoms with Crippen LogP contribution >= 0.6 is 0 Å². The van der Waals surface area contributed by atoms with Gasteiger partial charge in [-0.2, -0.15) is 0 Å². The molecule has 1 aromatic heterocycles. The van der Waals surface area contributed by atoms with Gasteiger partial charge in [-0.3, -0.25) is 4.79 Å². The summed E-state index contributed by atoms with van der Waals surface area (Å²) in [6.45, 7) is 4.90. The molecule has 1 atom stereocenters. The topological polar surface area (TPSA) is 46.9 Å². The Morgan fingerprint density at radius 3 is 2.31 bits per heavy atom. The molecule has 0 aliphatic carbocycles. The van der Waals surface area contributed by atoms with Crippen LogP contribution in [0.1, 0.15) is 31.3 Å². The highest BCUT2D eigenvalue weighted by Gasteiger charge is 2.17. The maximum atomic E-state index is 12.6. The number of benzene rings is 3. The molecule has 0 spiro atoms. The molecule has 3 aromatic carbocycles. The highest BCUT2D eigenvalue weighted by atomic mass is 16.1. The van der Waals surface area contributed by atoms with Crippen molar-refractivity contribution in [3.63, 3.8) is 0 Å². The fourth-order valence-corrected chi connectivity index (χ4v) is 3.75. The molecular formula is C25H25N3O. The van der Waals surface area contributed by atoms with Gasteiger partial charge in [-0.1, -0.05) is 66.7 Å². The zero-order valence-electron chi connectivity index (χ0n) is 16.8. The van der Waals surface area contributed by atoms with E-state index in [0.717, 1.165) is 34.5 Å². The van der Waals surface area contributed by atoms with Crippen molar-refractivity contribution in [2.75, 3.05) is 0 Å². The van der Waals surface area contributed by atoms with Gasteiger partial charge in [0.15, 0.2) is 0 Å². The van der Waals surface area contributed by atoms with E-state index in [1.807, 2.05) is 55.5 Å². The monoisotopic (exact) mass is 383 g/mol. The summed E-state index contributed by atoms with van der Waals surface area (Å²) in [7, 11) is 0. The number of hydrogen-bond donors (Lipinski definition) is 1. The molecule has 146 valence electrons. The summed E-state index contributed by atoms with van der Waals surface area (Å²) in [5.41, 5.74) is 5.39. The van der Waals surface area contributed by atoms with Crippen LogP contribution in [-0.2, 0) is 17.8 Å². The Morgan fingerprint density at radius 2 is 1.59 bits per heavy atom. The van der Waals surface area contributed by atoms with Crippen molar-refractivity contribution in [1.82, 2.24) is 14.9 Å². The Labute approximate surface area is 171 Å². The number of aryl methyl sites for hydroxylation is 1. The SMILES string of the molecule is CCn1c(C(C)NC(=O)Cc2ccc(-c3ccccc3)cc2)nc2ccccc21. The molecule has 0 saturated carbocycles. The average molecular weight is 383 g/mol. The third-order valence-corrected chi connectivity index (χ3v) is 5.19. The number of carbonyl (C=O) groups excluding carboxylic acids is 1. The predicted octanol–water partition coefficient (Wildman–Crippen LogP) is 5.14. The van der Waals surface area contributed by atoms with Gasteiger partial charge < -0.3 is 9.88 Å². The van der Waals surface area contributed by atoms with E-state index in [1.54, 1.807) is 0 Å². The maximum Gasteiger partial charge on any atom is 0.224 e. The van der Waals surface area contributed by atoms with E-state index in [9.17, 15) is 4.79 Å². The molecule has 4 heteroatoms. The summed E-state index contributed by atoms with van der Waals surface area (Å²) < 4.78 is 2.16. The van der Waals surface area contributed by atoms with Crippen molar-refractivity contribution in [3.8, 4) is 11.1 Å². The van der Waals surface area contributed by atoms with E-state index in [-0.39, 0.29) is 11.9 Å². The van der Waals surface area contributed by atoms with Crippen molar-refractivity contribution >= 4 is 16.9 Å². The summed E-state index contributed by atoms with van der Waals surface area (Å²) >= 11 is 0. The predicted molar refractivity (Wildman–Crippen MR) is 118 cm³/mol. The normalized spacial score (nSPS) is 12.1. The average Bonchev–Trinajstić information content (AvgIpc) is 3.14. The first-order valence-corrected chi connectivity index (χ1v) is 10.0. The number of carbonyl (C=O) groups is 1. The van der Waals surface area contributed by atoms with Gasteiger partial charge in [0, 0.05) is 6.54 Å². The number of aromatic nitrogens is 2. The van der Waals surface area contributed by atoms with Gasteiger partial charge in [-0.15, -0.1) is 0 Å². The van der Waals surface area contributed by atoms with Gasteiger partial charge in [0.05, 0.1) is 23.5 Å². The van der Waals surface area contributed by atoms with E-state index in [4.69, 9.17) is 4.98 Å². The van der Waals surface area contributed by atoms with Gasteiger partial charge in [0.25, 0.3) is 0 Å². The smallest absolute Gasteiger partial charge is 0.224 e. The molecule has 29 heavy (non-hydrogen) atoms. The third-order valence-electron chi connectivity index (χ3n) is 5.19. The molecule has 1 unspecified atom stereocenters. The standard InChI is InChI=1S/C25H25N3O/c1-3-28-23-12-8-7-11-22(23)27-25(28)18(2)26-24(29)17-19-13-15-21(16-14-19)20-9-5-4-6-10-20/h4-16,18H,3,17H2,1-2H3,(H,26,29). The summed E-state index contributed by atoms with van der Waals surface area (Å²) in [6, 6.07) is 26.3. The van der Waals surface area contributed by atoms with Crippen molar-refractivity contribution in [1.29, 1.82) is 0 Å². The Hall–Kier alpha value is -3.40. The van der Waals surface area contributed by atoms with E-state index >= 15 is 0 Å². The van der Waals surface area contributed by atoms with Crippen LogP contribution in [0.15, 0.2) is 78.9 Å². The zero-order valence-corrected chi connectivity index (χ0v) is 16.8. The number of rotatable bonds is 6. The van der Waals surface area contributed by atoms with Crippen LogP contribution in [0.25, 0.3) is 22.2 Å². The lowest BCUT2D eigenvalue weighted by molar-refractivity contribution is -0.121. The first-order valence-electron chi connectivity index (χ1n) is 10.0. The Bertz CT molecular complexity index is 1110. The molecule has 0 bridgehead atoms. The second-order valence-corrected chi connectivity index (χ2v) is 7.23. The van der Waals surface area contributed by atoms with Gasteiger partial charge in [-0.05, 0) is 42.7 Å². The minimum absolute atomic E-state index is 0.000305. The first kappa shape index (κ1) is 18.9. The molecule has 0 aliphatic rings. The van der Waals surface area contributed by atoms with Crippen LogP contribution in [0.5, 0.6) is 0 Å². The highest BCUT2D eigenvalue weighted by Crippen LogP contribution is 2.22. The van der Waals surface area contributed by atoms with Crippen LogP contribution in [0.4, 0.5) is 0 Å². The van der Waals surface area contributed by atoms with Crippen LogP contribution < -0.4 is 5.32 Å². The van der Waals surface area contributed by atoms with E-state index < -0.39 is 0 Å². The lowest BCUT2D eigenvalue weighted by Crippen LogP contribution is -2.30. The summed E-state index contributed by atoms with van der Waals surface area (Å²) in [6.07, 6.45) is 0.353. The number of hydrogen-bond acceptors (Lipinski definition) is 2. The Balaban J connectivity index is 1.44. The quantitative estimate of drug-likeness (QED) is 0.501. The number of nitrogens with one attached hydrogen (secondary N) is 1. The molecule has 4 rings (SSSR count). The molecular weight excluding hydrogens is 358 g/mol. The molecule has 0 saturated heterocycles. The van der Waals surface area contributed by atoms with Crippen LogP contribution in [0.2, 0.25) is 0 Å². The number of imidazole rings is 1. The van der Waals surface area contributed by atoms with E-state index in [1.165, 1.54) is 5.56 Å². The maximum absolute atomic E-state index is 12.6. The lowest BCUT2D eigenvalue weighted by Gasteiger charge is -2.15. The third kappa shape index (κ3) is 4.06. The minimum atomic E-state index is -0.154. The van der Waals surface area contributed by atoms with Crippen LogP contribution in [0.3, 0.4) is 0 Å². The number of nitrogens with zero attached hydrogens (tertiary/aromatic N) is 2. The van der Waals surface area contributed by atoms with Crippen molar-refractivity contribution < 1.29 is 4.79 Å². The zero-order chi connectivity index (χ0) is 20.2. The Kier molecular flexibility index (Phi) is 5.43. The van der Waals surface area contributed by atoms with Crippen molar-refractivity contribution in [2.24, 2.45) is 0 Å². The second-order valence-electron chi connectivity index (χ2n) is 7.23. The number of fused-ring (bicyclic) bond motifs is 1. The van der Waals surface area contributed by atoms with Gasteiger partial charge in [0.2, 0.25) is 5.91 Å². The molecule has 4 nitrogen and oxygen atoms in total. The Morgan fingerprint density at radius 1 is 0.931 bits per heavy atom. The highest BCUT2D eigenvalue weighted by molar-refractivity contribution is 5.80. The van der Waals surface area contributed by atoms with E-state index in [0.29, 0.717) is 6.42 Å². The number of para-hydroxylation sites is 2. The largest absolute Gasteiger partial charge is 0.346 e. The van der Waals surface area contributed by atoms with Crippen LogP contribution in [0, 0.1) is 0 Å². The van der Waals surface area contributed by atoms with Crippen molar-refractivity contribution in [2.45, 2.75) is 32.9 Å². The molecule has 0 fully saturated rings. The van der Waals surface area contributed by atoms with Crippen molar-refractivity contribution in [3.05, 3.63) is 90.3 Å². The van der Waals surface area contributed by atoms with E-state index in [2.05, 4.69) is 47.1 Å². The summed E-state index contributed by atoms with van der Waals surface area (Å²) in [5, 5.41) is 3.10. The van der Waals surface area contributed by atoms with Gasteiger partial charge in [0.1, 0.15) is 5.82 Å². The molecule has 0 aliphatic heterocycles. The second kappa shape index (κ2) is 8.31. The fraction of sp³-hybridized carbons (Fsp3) is 0.200. The minimum Gasteiger partial charge on any atom is -0.346 e. The summed E-state index contributed by atoms with van der Waals surface area (Å²) in [5.74, 6) is 0.890. The molecule has 4 aromatic rings. The van der Waals surface area contributed by atoms with Gasteiger partial charge >= 0.3 is 0 Å².